The van der Waals surface area contributed by atoms with E-state index in [1.54, 1.807) is 7.11 Å². The van der Waals surface area contributed by atoms with Crippen LogP contribution in [0.5, 0.6) is 0 Å². The van der Waals surface area contributed by atoms with Crippen molar-refractivity contribution in [3.05, 3.63) is 16.8 Å². The summed E-state index contributed by atoms with van der Waals surface area (Å²) in [6.45, 7) is 3.75. The zero-order valence-corrected chi connectivity index (χ0v) is 10.3. The second-order valence-corrected chi connectivity index (χ2v) is 4.42. The zero-order chi connectivity index (χ0) is 12.4. The summed E-state index contributed by atoms with van der Waals surface area (Å²) in [4.78, 5) is 0. The highest BCUT2D eigenvalue weighted by Crippen LogP contribution is 2.27. The lowest BCUT2D eigenvalue weighted by atomic mass is 9.89. The van der Waals surface area contributed by atoms with E-state index < -0.39 is 0 Å². The molecule has 0 spiro atoms. The van der Waals surface area contributed by atoms with E-state index >= 15 is 0 Å². The summed E-state index contributed by atoms with van der Waals surface area (Å²) in [6, 6.07) is 2.52. The van der Waals surface area contributed by atoms with Gasteiger partial charge in [0.15, 0.2) is 5.82 Å². The minimum atomic E-state index is 0.331. The number of aryl methyl sites for hydroxylation is 1. The second kappa shape index (κ2) is 4.68. The van der Waals surface area contributed by atoms with Gasteiger partial charge in [0, 0.05) is 13.2 Å². The van der Waals surface area contributed by atoms with Crippen molar-refractivity contribution < 1.29 is 4.74 Å². The Kier molecular flexibility index (Phi) is 3.25. The van der Waals surface area contributed by atoms with Crippen LogP contribution in [0.15, 0.2) is 0 Å². The van der Waals surface area contributed by atoms with Crippen LogP contribution in [-0.2, 0) is 4.74 Å². The van der Waals surface area contributed by atoms with Crippen molar-refractivity contribution >= 4 is 5.82 Å². The van der Waals surface area contributed by atoms with Crippen LogP contribution in [0.4, 0.5) is 5.82 Å². The molecular weight excluding hydrogens is 216 g/mol. The fraction of sp³-hybridized carbons (Fsp3) is 0.583. The average molecular weight is 232 g/mol. The van der Waals surface area contributed by atoms with Crippen molar-refractivity contribution in [2.45, 2.75) is 38.8 Å². The first-order valence-electron chi connectivity index (χ1n) is 5.69. The Morgan fingerprint density at radius 1 is 1.35 bits per heavy atom. The van der Waals surface area contributed by atoms with Gasteiger partial charge in [0.05, 0.1) is 11.8 Å². The molecule has 17 heavy (non-hydrogen) atoms. The Balaban J connectivity index is 2.12. The summed E-state index contributed by atoms with van der Waals surface area (Å²) in [5.41, 5.74) is 2.29. The molecule has 1 saturated carbocycles. The lowest BCUT2D eigenvalue weighted by molar-refractivity contribution is 0.0327. The SMILES string of the molecule is COC1CC(Nc2nnc(C)c(C)c2C#N)C1. The van der Waals surface area contributed by atoms with Crippen molar-refractivity contribution in [1.29, 1.82) is 5.26 Å². The number of nitriles is 1. The Morgan fingerprint density at radius 2 is 2.06 bits per heavy atom. The number of nitrogens with zero attached hydrogens (tertiary/aromatic N) is 3. The fourth-order valence-corrected chi connectivity index (χ4v) is 1.92. The van der Waals surface area contributed by atoms with Gasteiger partial charge in [0.2, 0.25) is 0 Å². The minimum absolute atomic E-state index is 0.331. The molecule has 2 rings (SSSR count). The molecule has 1 aliphatic rings. The van der Waals surface area contributed by atoms with Crippen LogP contribution in [0.1, 0.15) is 29.7 Å². The van der Waals surface area contributed by atoms with Crippen LogP contribution in [0, 0.1) is 25.2 Å². The average Bonchev–Trinajstić information content (AvgIpc) is 2.27. The quantitative estimate of drug-likeness (QED) is 0.856. The number of rotatable bonds is 3. The van der Waals surface area contributed by atoms with Gasteiger partial charge in [-0.25, -0.2) is 0 Å². The minimum Gasteiger partial charge on any atom is -0.381 e. The summed E-state index contributed by atoms with van der Waals surface area (Å²) >= 11 is 0. The van der Waals surface area contributed by atoms with Crippen LogP contribution in [-0.4, -0.2) is 29.5 Å². The van der Waals surface area contributed by atoms with Crippen molar-refractivity contribution in [2.24, 2.45) is 0 Å². The monoisotopic (exact) mass is 232 g/mol. The van der Waals surface area contributed by atoms with Crippen molar-refractivity contribution in [3.63, 3.8) is 0 Å². The maximum Gasteiger partial charge on any atom is 0.167 e. The van der Waals surface area contributed by atoms with Crippen LogP contribution in [0.25, 0.3) is 0 Å². The highest BCUT2D eigenvalue weighted by Gasteiger charge is 2.30. The largest absolute Gasteiger partial charge is 0.381 e. The number of anilines is 1. The summed E-state index contributed by atoms with van der Waals surface area (Å²) in [7, 11) is 1.72. The lowest BCUT2D eigenvalue weighted by Gasteiger charge is -2.35. The Hall–Kier alpha value is -1.67. The number of aromatic nitrogens is 2. The molecule has 1 heterocycles. The first-order chi connectivity index (χ1) is 8.15. The van der Waals surface area contributed by atoms with E-state index in [2.05, 4.69) is 21.6 Å². The molecule has 0 bridgehead atoms. The van der Waals surface area contributed by atoms with Gasteiger partial charge in [-0.15, -0.1) is 5.10 Å². The third kappa shape index (κ3) is 2.22. The van der Waals surface area contributed by atoms with E-state index in [9.17, 15) is 0 Å². The van der Waals surface area contributed by atoms with Gasteiger partial charge in [0.25, 0.3) is 0 Å². The molecule has 0 radical (unpaired) electrons. The molecule has 1 aliphatic carbocycles. The number of nitrogens with one attached hydrogen (secondary N) is 1. The number of hydrogen-bond acceptors (Lipinski definition) is 5. The van der Waals surface area contributed by atoms with Gasteiger partial charge >= 0.3 is 0 Å². The third-order valence-corrected chi connectivity index (χ3v) is 3.34. The third-order valence-electron chi connectivity index (χ3n) is 3.34. The molecule has 5 nitrogen and oxygen atoms in total. The summed E-state index contributed by atoms with van der Waals surface area (Å²) in [5.74, 6) is 0.593. The van der Waals surface area contributed by atoms with Crippen molar-refractivity contribution in [2.75, 3.05) is 12.4 Å². The standard InChI is InChI=1S/C12H16N4O/c1-7-8(2)15-16-12(11(7)6-13)14-9-4-10(5-9)17-3/h9-10H,4-5H2,1-3H3,(H,14,16). The maximum absolute atomic E-state index is 9.14. The highest BCUT2D eigenvalue weighted by molar-refractivity contribution is 5.56. The first kappa shape index (κ1) is 11.8. The summed E-state index contributed by atoms with van der Waals surface area (Å²) < 4.78 is 5.21. The fourth-order valence-electron chi connectivity index (χ4n) is 1.92. The normalized spacial score (nSPS) is 22.7. The van der Waals surface area contributed by atoms with Crippen LogP contribution in [0.2, 0.25) is 0 Å². The Bertz CT molecular complexity index is 460. The zero-order valence-electron chi connectivity index (χ0n) is 10.3. The molecule has 0 aliphatic heterocycles. The van der Waals surface area contributed by atoms with E-state index in [-0.39, 0.29) is 0 Å². The van der Waals surface area contributed by atoms with E-state index in [1.807, 2.05) is 13.8 Å². The predicted octanol–water partition coefficient (Wildman–Crippen LogP) is 1.55. The van der Waals surface area contributed by atoms with Gasteiger partial charge in [-0.2, -0.15) is 10.4 Å². The number of hydrogen-bond donors (Lipinski definition) is 1. The molecule has 1 fully saturated rings. The van der Waals surface area contributed by atoms with Crippen LogP contribution in [0.3, 0.4) is 0 Å². The molecule has 0 atom stereocenters. The first-order valence-corrected chi connectivity index (χ1v) is 5.69. The van der Waals surface area contributed by atoms with E-state index in [0.717, 1.165) is 24.1 Å². The van der Waals surface area contributed by atoms with Gasteiger partial charge in [0.1, 0.15) is 11.6 Å². The highest BCUT2D eigenvalue weighted by atomic mass is 16.5. The molecule has 0 aromatic carbocycles. The smallest absolute Gasteiger partial charge is 0.167 e. The molecule has 1 aromatic heterocycles. The molecule has 0 unspecified atom stereocenters. The summed E-state index contributed by atoms with van der Waals surface area (Å²) in [5, 5.41) is 20.5. The molecule has 0 saturated heterocycles. The second-order valence-electron chi connectivity index (χ2n) is 4.42. The molecule has 5 heteroatoms. The Morgan fingerprint density at radius 3 is 2.65 bits per heavy atom. The van der Waals surface area contributed by atoms with Crippen molar-refractivity contribution in [1.82, 2.24) is 10.2 Å². The number of methoxy groups -OCH3 is 1. The molecule has 1 N–H and O–H groups in total. The van der Waals surface area contributed by atoms with E-state index in [4.69, 9.17) is 10.00 Å². The lowest BCUT2D eigenvalue weighted by Crippen LogP contribution is -2.40. The van der Waals surface area contributed by atoms with Crippen molar-refractivity contribution in [3.8, 4) is 6.07 Å². The maximum atomic E-state index is 9.14. The van der Waals surface area contributed by atoms with Gasteiger partial charge in [-0.1, -0.05) is 0 Å². The van der Waals surface area contributed by atoms with Gasteiger partial charge < -0.3 is 10.1 Å². The number of ether oxygens (including phenoxy) is 1. The van der Waals surface area contributed by atoms with Gasteiger partial charge in [-0.05, 0) is 32.3 Å². The molecule has 90 valence electrons. The van der Waals surface area contributed by atoms with Gasteiger partial charge in [-0.3, -0.25) is 0 Å². The van der Waals surface area contributed by atoms with E-state index in [1.165, 1.54) is 0 Å². The summed E-state index contributed by atoms with van der Waals surface area (Å²) in [6.07, 6.45) is 2.24. The molecular formula is C12H16N4O. The Labute approximate surface area is 101 Å². The molecule has 1 aromatic rings. The van der Waals surface area contributed by atoms with E-state index in [0.29, 0.717) is 23.5 Å². The predicted molar refractivity (Wildman–Crippen MR) is 63.7 cm³/mol. The van der Waals surface area contributed by atoms with Crippen LogP contribution < -0.4 is 5.32 Å². The topological polar surface area (TPSA) is 70.8 Å². The molecule has 0 amide bonds. The van der Waals surface area contributed by atoms with Crippen LogP contribution >= 0.6 is 0 Å².